The van der Waals surface area contributed by atoms with Crippen molar-refractivity contribution >= 4 is 17.9 Å². The topological polar surface area (TPSA) is 26.3 Å². The van der Waals surface area contributed by atoms with Gasteiger partial charge in [0.25, 0.3) is 0 Å². The van der Waals surface area contributed by atoms with Gasteiger partial charge in [0.05, 0.1) is 12.1 Å². The predicted molar refractivity (Wildman–Crippen MR) is 77.2 cm³/mol. The molecule has 0 aliphatic rings. The Balaban J connectivity index is 2.03. The summed E-state index contributed by atoms with van der Waals surface area (Å²) in [7, 11) is 1.66. The number of halogens is 1. The molecule has 0 spiro atoms. The molecule has 0 radical (unpaired) electrons. The van der Waals surface area contributed by atoms with E-state index in [1.807, 2.05) is 24.3 Å². The molecule has 2 rings (SSSR count). The summed E-state index contributed by atoms with van der Waals surface area (Å²) in [4.78, 5) is 10.8. The molecular formula is C16H15ClO2. The molecule has 0 saturated heterocycles. The average molecular weight is 275 g/mol. The van der Waals surface area contributed by atoms with Crippen molar-refractivity contribution in [1.82, 2.24) is 0 Å². The van der Waals surface area contributed by atoms with E-state index in [1.165, 1.54) is 5.56 Å². The van der Waals surface area contributed by atoms with Crippen LogP contribution in [-0.2, 0) is 12.8 Å². The molecule has 0 saturated carbocycles. The van der Waals surface area contributed by atoms with Crippen molar-refractivity contribution in [3.8, 4) is 5.75 Å². The van der Waals surface area contributed by atoms with E-state index < -0.39 is 0 Å². The second-order valence-corrected chi connectivity index (χ2v) is 4.73. The highest BCUT2D eigenvalue weighted by Gasteiger charge is 2.02. The van der Waals surface area contributed by atoms with Crippen LogP contribution in [0.2, 0.25) is 5.02 Å². The van der Waals surface area contributed by atoms with Crippen molar-refractivity contribution in [3.63, 3.8) is 0 Å². The van der Waals surface area contributed by atoms with E-state index in [2.05, 4.69) is 12.1 Å². The van der Waals surface area contributed by atoms with Gasteiger partial charge in [-0.15, -0.1) is 0 Å². The minimum Gasteiger partial charge on any atom is -0.497 e. The minimum absolute atomic E-state index is 0.503. The lowest BCUT2D eigenvalue weighted by molar-refractivity contribution is 0.112. The van der Waals surface area contributed by atoms with E-state index in [4.69, 9.17) is 16.3 Å². The number of aryl methyl sites for hydroxylation is 2. The Labute approximate surface area is 118 Å². The molecular weight excluding hydrogens is 260 g/mol. The molecule has 0 atom stereocenters. The number of methoxy groups -OCH3 is 1. The van der Waals surface area contributed by atoms with Gasteiger partial charge in [0.15, 0.2) is 6.29 Å². The Morgan fingerprint density at radius 3 is 2.32 bits per heavy atom. The number of aldehydes is 1. The van der Waals surface area contributed by atoms with Crippen molar-refractivity contribution in [1.29, 1.82) is 0 Å². The van der Waals surface area contributed by atoms with Crippen LogP contribution in [0.1, 0.15) is 21.5 Å². The quantitative estimate of drug-likeness (QED) is 0.772. The van der Waals surface area contributed by atoms with Crippen LogP contribution in [0.3, 0.4) is 0 Å². The first kappa shape index (κ1) is 13.6. The molecule has 0 heterocycles. The van der Waals surface area contributed by atoms with Crippen LogP contribution >= 0.6 is 11.6 Å². The van der Waals surface area contributed by atoms with Gasteiger partial charge in [-0.05, 0) is 48.2 Å². The molecule has 3 heteroatoms. The zero-order chi connectivity index (χ0) is 13.7. The fourth-order valence-corrected chi connectivity index (χ4v) is 2.08. The number of hydrogen-bond acceptors (Lipinski definition) is 2. The highest BCUT2D eigenvalue weighted by atomic mass is 35.5. The second kappa shape index (κ2) is 6.39. The van der Waals surface area contributed by atoms with Crippen molar-refractivity contribution in [2.24, 2.45) is 0 Å². The lowest BCUT2D eigenvalue weighted by atomic mass is 10.0. The monoisotopic (exact) mass is 274 g/mol. The Morgan fingerprint density at radius 2 is 1.68 bits per heavy atom. The summed E-state index contributed by atoms with van der Waals surface area (Å²) in [5.74, 6) is 0.860. The van der Waals surface area contributed by atoms with Gasteiger partial charge in [0.2, 0.25) is 0 Å². The number of carbonyl (C=O) groups is 1. The number of carbonyl (C=O) groups excluding carboxylic acids is 1. The van der Waals surface area contributed by atoms with Crippen molar-refractivity contribution in [3.05, 3.63) is 64.2 Å². The summed E-state index contributed by atoms with van der Waals surface area (Å²) in [5, 5.41) is 0.503. The van der Waals surface area contributed by atoms with Gasteiger partial charge in [-0.2, -0.15) is 0 Å². The number of rotatable bonds is 5. The van der Waals surface area contributed by atoms with E-state index in [0.717, 1.165) is 30.4 Å². The number of ether oxygens (including phenoxy) is 1. The van der Waals surface area contributed by atoms with Crippen LogP contribution in [-0.4, -0.2) is 13.4 Å². The molecule has 0 N–H and O–H groups in total. The first-order chi connectivity index (χ1) is 9.22. The molecule has 0 unspecified atom stereocenters. The summed E-state index contributed by atoms with van der Waals surface area (Å²) in [6, 6.07) is 13.6. The summed E-state index contributed by atoms with van der Waals surface area (Å²) < 4.78 is 5.12. The molecule has 0 bridgehead atoms. The normalized spacial score (nSPS) is 10.2. The van der Waals surface area contributed by atoms with Gasteiger partial charge in [-0.1, -0.05) is 29.8 Å². The smallest absolute Gasteiger partial charge is 0.151 e. The van der Waals surface area contributed by atoms with Gasteiger partial charge in [0.1, 0.15) is 5.75 Å². The fourth-order valence-electron chi connectivity index (χ4n) is 1.92. The summed E-state index contributed by atoms with van der Waals surface area (Å²) in [5.41, 5.74) is 2.90. The molecule has 2 aromatic rings. The SMILES string of the molecule is COc1ccc(CCc2ccc(Cl)c(C=O)c2)cc1. The zero-order valence-corrected chi connectivity index (χ0v) is 11.5. The van der Waals surface area contributed by atoms with Crippen molar-refractivity contribution < 1.29 is 9.53 Å². The largest absolute Gasteiger partial charge is 0.497 e. The number of benzene rings is 2. The van der Waals surface area contributed by atoms with Crippen LogP contribution in [0.5, 0.6) is 5.75 Å². The maximum atomic E-state index is 10.8. The van der Waals surface area contributed by atoms with E-state index in [9.17, 15) is 4.79 Å². The third kappa shape index (κ3) is 3.58. The average Bonchev–Trinajstić information content (AvgIpc) is 2.47. The molecule has 0 aliphatic carbocycles. The van der Waals surface area contributed by atoms with Gasteiger partial charge in [-0.3, -0.25) is 4.79 Å². The minimum atomic E-state index is 0.503. The highest BCUT2D eigenvalue weighted by molar-refractivity contribution is 6.32. The summed E-state index contributed by atoms with van der Waals surface area (Å²) in [6.07, 6.45) is 2.59. The Morgan fingerprint density at radius 1 is 1.05 bits per heavy atom. The van der Waals surface area contributed by atoms with Crippen LogP contribution in [0.25, 0.3) is 0 Å². The first-order valence-corrected chi connectivity index (χ1v) is 6.47. The molecule has 19 heavy (non-hydrogen) atoms. The van der Waals surface area contributed by atoms with Crippen LogP contribution in [0.4, 0.5) is 0 Å². The summed E-state index contributed by atoms with van der Waals surface area (Å²) in [6.45, 7) is 0. The second-order valence-electron chi connectivity index (χ2n) is 4.32. The lowest BCUT2D eigenvalue weighted by Gasteiger charge is -2.05. The molecule has 2 aromatic carbocycles. The molecule has 0 amide bonds. The number of hydrogen-bond donors (Lipinski definition) is 0. The lowest BCUT2D eigenvalue weighted by Crippen LogP contribution is -1.93. The van der Waals surface area contributed by atoms with E-state index >= 15 is 0 Å². The van der Waals surface area contributed by atoms with Crippen molar-refractivity contribution in [2.75, 3.05) is 7.11 Å². The zero-order valence-electron chi connectivity index (χ0n) is 10.7. The standard InChI is InChI=1S/C16H15ClO2/c1-19-15-7-4-12(5-8-15)2-3-13-6-9-16(17)14(10-13)11-18/h4-11H,2-3H2,1H3. The first-order valence-electron chi connectivity index (χ1n) is 6.09. The van der Waals surface area contributed by atoms with Crippen LogP contribution < -0.4 is 4.74 Å². The van der Waals surface area contributed by atoms with Crippen LogP contribution in [0, 0.1) is 0 Å². The van der Waals surface area contributed by atoms with Gasteiger partial charge >= 0.3 is 0 Å². The van der Waals surface area contributed by atoms with Gasteiger partial charge in [-0.25, -0.2) is 0 Å². The third-order valence-electron chi connectivity index (χ3n) is 3.05. The highest BCUT2D eigenvalue weighted by Crippen LogP contribution is 2.18. The molecule has 98 valence electrons. The van der Waals surface area contributed by atoms with Gasteiger partial charge < -0.3 is 4.74 Å². The van der Waals surface area contributed by atoms with Crippen molar-refractivity contribution in [2.45, 2.75) is 12.8 Å². The van der Waals surface area contributed by atoms with Crippen LogP contribution in [0.15, 0.2) is 42.5 Å². The van der Waals surface area contributed by atoms with Gasteiger partial charge in [0, 0.05) is 5.56 Å². The Kier molecular flexibility index (Phi) is 4.58. The fraction of sp³-hybridized carbons (Fsp3) is 0.188. The maximum absolute atomic E-state index is 10.8. The summed E-state index contributed by atoms with van der Waals surface area (Å²) >= 11 is 5.90. The predicted octanol–water partition coefficient (Wildman–Crippen LogP) is 3.95. The van der Waals surface area contributed by atoms with E-state index in [-0.39, 0.29) is 0 Å². The molecule has 0 aliphatic heterocycles. The third-order valence-corrected chi connectivity index (χ3v) is 3.39. The Hall–Kier alpha value is -1.80. The molecule has 2 nitrogen and oxygen atoms in total. The van der Waals surface area contributed by atoms with E-state index in [0.29, 0.717) is 10.6 Å². The Bertz CT molecular complexity index is 561. The maximum Gasteiger partial charge on any atom is 0.151 e. The molecule has 0 aromatic heterocycles. The molecule has 0 fully saturated rings. The van der Waals surface area contributed by atoms with E-state index in [1.54, 1.807) is 13.2 Å².